The first-order chi connectivity index (χ1) is 15.4. The number of rotatable bonds is 8. The number of aromatic nitrogens is 3. The fourth-order valence-electron chi connectivity index (χ4n) is 3.88. The van der Waals surface area contributed by atoms with Gasteiger partial charge in [-0.25, -0.2) is 9.59 Å². The summed E-state index contributed by atoms with van der Waals surface area (Å²) in [7, 11) is 1.48. The molecular weight excluding hydrogens is 416 g/mol. The number of aromatic amines is 1. The van der Waals surface area contributed by atoms with Gasteiger partial charge in [-0.2, -0.15) is 0 Å². The van der Waals surface area contributed by atoms with Crippen molar-refractivity contribution >= 4 is 17.0 Å². The number of ether oxygens (including phenoxy) is 2. The number of aliphatic carboxylic acids is 1. The van der Waals surface area contributed by atoms with Crippen molar-refractivity contribution < 1.29 is 19.4 Å². The van der Waals surface area contributed by atoms with E-state index in [0.29, 0.717) is 29.0 Å². The van der Waals surface area contributed by atoms with Crippen LogP contribution in [0.3, 0.4) is 0 Å². The van der Waals surface area contributed by atoms with Crippen LogP contribution in [0.2, 0.25) is 0 Å². The number of morpholine rings is 1. The third-order valence-electron chi connectivity index (χ3n) is 5.61. The number of carboxylic acids is 1. The predicted octanol–water partition coefficient (Wildman–Crippen LogP) is 0.881. The number of hydrogen-bond acceptors (Lipinski definition) is 6. The van der Waals surface area contributed by atoms with Gasteiger partial charge in [-0.05, 0) is 42.3 Å². The molecule has 1 aromatic carbocycles. The van der Waals surface area contributed by atoms with E-state index in [4.69, 9.17) is 14.6 Å². The third kappa shape index (κ3) is 4.61. The highest BCUT2D eigenvalue weighted by atomic mass is 16.5. The van der Waals surface area contributed by atoms with Crippen LogP contribution in [-0.2, 0) is 23.1 Å². The molecular formula is C22H26N4O6. The molecule has 2 N–H and O–H groups in total. The number of carboxylic acid groups (broad SMARTS) is 1. The Kier molecular flexibility index (Phi) is 6.42. The maximum Gasteiger partial charge on any atom is 0.341 e. The lowest BCUT2D eigenvalue weighted by Crippen LogP contribution is -2.40. The van der Waals surface area contributed by atoms with Crippen molar-refractivity contribution in [2.75, 3.05) is 39.5 Å². The van der Waals surface area contributed by atoms with E-state index in [9.17, 15) is 14.4 Å². The van der Waals surface area contributed by atoms with E-state index < -0.39 is 12.6 Å². The van der Waals surface area contributed by atoms with Gasteiger partial charge in [0, 0.05) is 38.9 Å². The van der Waals surface area contributed by atoms with Crippen LogP contribution in [-0.4, -0.2) is 69.5 Å². The lowest BCUT2D eigenvalue weighted by atomic mass is 10.1. The molecule has 3 aromatic rings. The highest BCUT2D eigenvalue weighted by Crippen LogP contribution is 2.24. The quantitative estimate of drug-likeness (QED) is 0.532. The Labute approximate surface area is 183 Å². The lowest BCUT2D eigenvalue weighted by Gasteiger charge is -2.26. The van der Waals surface area contributed by atoms with E-state index in [1.54, 1.807) is 34.9 Å². The van der Waals surface area contributed by atoms with Crippen molar-refractivity contribution in [2.24, 2.45) is 7.05 Å². The van der Waals surface area contributed by atoms with Crippen LogP contribution in [0.25, 0.3) is 22.3 Å². The number of nitrogens with one attached hydrogen (secondary N) is 1. The maximum absolute atomic E-state index is 12.8. The van der Waals surface area contributed by atoms with E-state index in [1.165, 1.54) is 7.05 Å². The van der Waals surface area contributed by atoms with E-state index in [2.05, 4.69) is 9.88 Å². The highest BCUT2D eigenvalue weighted by molar-refractivity contribution is 5.82. The van der Waals surface area contributed by atoms with Crippen molar-refractivity contribution in [3.63, 3.8) is 0 Å². The Hall–Kier alpha value is -3.37. The highest BCUT2D eigenvalue weighted by Gasteiger charge is 2.16. The molecule has 0 saturated carbocycles. The van der Waals surface area contributed by atoms with Gasteiger partial charge in [0.25, 0.3) is 5.56 Å². The summed E-state index contributed by atoms with van der Waals surface area (Å²) in [5.74, 6) is -0.615. The molecule has 1 saturated heterocycles. The van der Waals surface area contributed by atoms with Gasteiger partial charge in [-0.1, -0.05) is 0 Å². The Morgan fingerprint density at radius 3 is 2.56 bits per heavy atom. The first kappa shape index (κ1) is 21.8. The Morgan fingerprint density at radius 1 is 1.16 bits per heavy atom. The van der Waals surface area contributed by atoms with Gasteiger partial charge >= 0.3 is 11.7 Å². The largest absolute Gasteiger partial charge is 0.482 e. The van der Waals surface area contributed by atoms with E-state index in [-0.39, 0.29) is 11.2 Å². The predicted molar refractivity (Wildman–Crippen MR) is 118 cm³/mol. The molecule has 0 atom stereocenters. The van der Waals surface area contributed by atoms with E-state index in [1.807, 2.05) is 0 Å². The summed E-state index contributed by atoms with van der Waals surface area (Å²) in [6.07, 6.45) is 0.781. The van der Waals surface area contributed by atoms with Crippen LogP contribution in [0.5, 0.6) is 5.75 Å². The number of benzene rings is 1. The summed E-state index contributed by atoms with van der Waals surface area (Å²) < 4.78 is 13.3. The van der Waals surface area contributed by atoms with Crippen LogP contribution >= 0.6 is 0 Å². The molecule has 3 heterocycles. The molecule has 0 unspecified atom stereocenters. The van der Waals surface area contributed by atoms with Crippen LogP contribution in [0, 0.1) is 0 Å². The third-order valence-corrected chi connectivity index (χ3v) is 5.61. The molecule has 0 radical (unpaired) electrons. The number of fused-ring (bicyclic) bond motifs is 1. The summed E-state index contributed by atoms with van der Waals surface area (Å²) >= 11 is 0. The second kappa shape index (κ2) is 9.41. The average molecular weight is 442 g/mol. The SMILES string of the molecule is Cn1c(=O)c2[nH]c(-c3ccc(OCC(=O)O)cc3)cc2n(CCCN2CCOCC2)c1=O. The molecule has 10 nitrogen and oxygen atoms in total. The molecule has 1 aliphatic rings. The minimum atomic E-state index is -1.05. The topological polar surface area (TPSA) is 119 Å². The minimum absolute atomic E-state index is 0.340. The Balaban J connectivity index is 1.60. The van der Waals surface area contributed by atoms with Crippen LogP contribution < -0.4 is 16.0 Å². The summed E-state index contributed by atoms with van der Waals surface area (Å²) in [6, 6.07) is 8.68. The van der Waals surface area contributed by atoms with Gasteiger partial charge in [0.05, 0.1) is 18.7 Å². The van der Waals surface area contributed by atoms with Gasteiger partial charge < -0.3 is 19.6 Å². The van der Waals surface area contributed by atoms with Gasteiger partial charge in [0.2, 0.25) is 0 Å². The molecule has 0 bridgehead atoms. The van der Waals surface area contributed by atoms with Gasteiger partial charge in [0.1, 0.15) is 11.3 Å². The van der Waals surface area contributed by atoms with Crippen molar-refractivity contribution in [3.8, 4) is 17.0 Å². The number of H-pyrrole nitrogens is 1. The van der Waals surface area contributed by atoms with Gasteiger partial charge in [0.15, 0.2) is 6.61 Å². The standard InChI is InChI=1S/C22H26N4O6/c1-24-21(29)20-18(26(22(24)30)8-2-7-25-9-11-31-12-10-25)13-17(23-20)15-3-5-16(6-4-15)32-14-19(27)28/h3-6,13,23H,2,7-12,14H2,1H3,(H,27,28). The van der Waals surface area contributed by atoms with Crippen LogP contribution in [0.15, 0.2) is 39.9 Å². The summed E-state index contributed by atoms with van der Waals surface area (Å²) in [4.78, 5) is 41.6. The maximum atomic E-state index is 12.8. The second-order valence-corrected chi connectivity index (χ2v) is 7.76. The Morgan fingerprint density at radius 2 is 1.88 bits per heavy atom. The summed E-state index contributed by atoms with van der Waals surface area (Å²) in [6.45, 7) is 4.17. The molecule has 1 aliphatic heterocycles. The number of carbonyl (C=O) groups is 1. The molecule has 0 spiro atoms. The van der Waals surface area contributed by atoms with Crippen molar-refractivity contribution in [1.82, 2.24) is 19.0 Å². The molecule has 1 fully saturated rings. The molecule has 0 amide bonds. The summed E-state index contributed by atoms with van der Waals surface area (Å²) in [5, 5.41) is 8.72. The zero-order valence-corrected chi connectivity index (χ0v) is 17.9. The van der Waals surface area contributed by atoms with Crippen LogP contribution in [0.1, 0.15) is 6.42 Å². The Bertz CT molecular complexity index is 1220. The van der Waals surface area contributed by atoms with Gasteiger partial charge in [-0.3, -0.25) is 18.8 Å². The zero-order valence-electron chi connectivity index (χ0n) is 17.9. The monoisotopic (exact) mass is 442 g/mol. The van der Waals surface area contributed by atoms with E-state index in [0.717, 1.165) is 49.4 Å². The number of nitrogens with zero attached hydrogens (tertiary/aromatic N) is 3. The molecule has 4 rings (SSSR count). The van der Waals surface area contributed by atoms with Crippen molar-refractivity contribution in [1.29, 1.82) is 0 Å². The molecule has 32 heavy (non-hydrogen) atoms. The zero-order chi connectivity index (χ0) is 22.7. The van der Waals surface area contributed by atoms with Crippen molar-refractivity contribution in [2.45, 2.75) is 13.0 Å². The molecule has 170 valence electrons. The number of hydrogen-bond donors (Lipinski definition) is 2. The van der Waals surface area contributed by atoms with Crippen molar-refractivity contribution in [3.05, 3.63) is 51.2 Å². The molecule has 10 heteroatoms. The first-order valence-electron chi connectivity index (χ1n) is 10.5. The number of aryl methyl sites for hydroxylation is 1. The smallest absolute Gasteiger partial charge is 0.341 e. The first-order valence-corrected chi connectivity index (χ1v) is 10.5. The second-order valence-electron chi connectivity index (χ2n) is 7.76. The fourth-order valence-corrected chi connectivity index (χ4v) is 3.88. The fraction of sp³-hybridized carbons (Fsp3) is 0.409. The van der Waals surface area contributed by atoms with Crippen LogP contribution in [0.4, 0.5) is 0 Å². The lowest BCUT2D eigenvalue weighted by molar-refractivity contribution is -0.139. The molecule has 0 aliphatic carbocycles. The summed E-state index contributed by atoms with van der Waals surface area (Å²) in [5.41, 5.74) is 1.71. The molecule has 2 aromatic heterocycles. The minimum Gasteiger partial charge on any atom is -0.482 e. The average Bonchev–Trinajstić information content (AvgIpc) is 3.25. The van der Waals surface area contributed by atoms with Gasteiger partial charge in [-0.15, -0.1) is 0 Å². The normalized spacial score (nSPS) is 14.7. The van der Waals surface area contributed by atoms with E-state index >= 15 is 0 Å².